The topological polar surface area (TPSA) is 113 Å². The Balaban J connectivity index is 2.07. The molecule has 0 aliphatic carbocycles. The van der Waals surface area contributed by atoms with Gasteiger partial charge >= 0.3 is 0 Å². The van der Waals surface area contributed by atoms with E-state index in [1.807, 2.05) is 13.8 Å². The second-order valence-electron chi connectivity index (χ2n) is 7.20. The average Bonchev–Trinajstić information content (AvgIpc) is 2.58. The van der Waals surface area contributed by atoms with E-state index in [0.717, 1.165) is 25.5 Å². The van der Waals surface area contributed by atoms with Crippen LogP contribution in [-0.4, -0.2) is 41.4 Å². The Morgan fingerprint density at radius 1 is 1.37 bits per heavy atom. The second-order valence-corrected chi connectivity index (χ2v) is 7.61. The second kappa shape index (κ2) is 9.14. The number of nitrogens with zero attached hydrogens (tertiary/aromatic N) is 1. The third-order valence-electron chi connectivity index (χ3n) is 4.61. The van der Waals surface area contributed by atoms with E-state index in [9.17, 15) is 19.7 Å². The number of benzene rings is 1. The van der Waals surface area contributed by atoms with E-state index in [-0.39, 0.29) is 34.1 Å². The molecule has 0 bridgehead atoms. The summed E-state index contributed by atoms with van der Waals surface area (Å²) in [6.45, 7) is 6.58. The maximum Gasteiger partial charge on any atom is 0.270 e. The summed E-state index contributed by atoms with van der Waals surface area (Å²) in [5.41, 5.74) is -0.106. The Morgan fingerprint density at radius 3 is 2.63 bits per heavy atom. The molecule has 1 heterocycles. The molecule has 3 unspecified atom stereocenters. The molecule has 148 valence electrons. The number of non-ortho nitro benzene ring substituents is 1. The fraction of sp³-hybridized carbons (Fsp3) is 0.556. The van der Waals surface area contributed by atoms with Gasteiger partial charge in [-0.15, -0.1) is 0 Å². The van der Waals surface area contributed by atoms with Gasteiger partial charge in [-0.05, 0) is 38.3 Å². The van der Waals surface area contributed by atoms with Gasteiger partial charge in [-0.2, -0.15) is 0 Å². The minimum Gasteiger partial charge on any atom is -0.351 e. The van der Waals surface area contributed by atoms with Crippen molar-refractivity contribution in [3.05, 3.63) is 38.9 Å². The number of carbonyl (C=O) groups excluding carboxylic acids is 2. The van der Waals surface area contributed by atoms with Crippen LogP contribution in [0.15, 0.2) is 18.2 Å². The maximum absolute atomic E-state index is 12.7. The molecule has 1 aliphatic heterocycles. The van der Waals surface area contributed by atoms with E-state index >= 15 is 0 Å². The summed E-state index contributed by atoms with van der Waals surface area (Å²) >= 11 is 6.01. The zero-order valence-corrected chi connectivity index (χ0v) is 16.4. The summed E-state index contributed by atoms with van der Waals surface area (Å²) in [6, 6.07) is 3.29. The fourth-order valence-corrected chi connectivity index (χ4v) is 3.37. The standard InChI is InChI=1S/C18H25ClN4O4/c1-10(2)16(18(25)21-12-6-7-20-11(3)8-12)22-17(24)14-5-4-13(23(26)27)9-15(14)19/h4-5,9-12,16,20H,6-8H2,1-3H3,(H,21,25)(H,22,24). The maximum atomic E-state index is 12.7. The Bertz CT molecular complexity index is 725. The van der Waals surface area contributed by atoms with E-state index in [1.165, 1.54) is 12.1 Å². The summed E-state index contributed by atoms with van der Waals surface area (Å²) in [7, 11) is 0. The number of hydrogen-bond acceptors (Lipinski definition) is 5. The van der Waals surface area contributed by atoms with Crippen LogP contribution >= 0.6 is 11.6 Å². The lowest BCUT2D eigenvalue weighted by Gasteiger charge is -2.31. The molecule has 9 heteroatoms. The molecular formula is C18H25ClN4O4. The van der Waals surface area contributed by atoms with Crippen molar-refractivity contribution in [1.82, 2.24) is 16.0 Å². The van der Waals surface area contributed by atoms with Crippen LogP contribution in [0.2, 0.25) is 5.02 Å². The lowest BCUT2D eigenvalue weighted by atomic mass is 9.98. The summed E-state index contributed by atoms with van der Waals surface area (Å²) < 4.78 is 0. The fourth-order valence-electron chi connectivity index (χ4n) is 3.11. The molecule has 8 nitrogen and oxygen atoms in total. The molecule has 1 aromatic carbocycles. The van der Waals surface area contributed by atoms with Gasteiger partial charge in [0, 0.05) is 24.2 Å². The molecule has 27 heavy (non-hydrogen) atoms. The number of hydrogen-bond donors (Lipinski definition) is 3. The number of nitro groups is 1. The first-order valence-electron chi connectivity index (χ1n) is 8.97. The monoisotopic (exact) mass is 396 g/mol. The number of nitrogens with one attached hydrogen (secondary N) is 3. The molecule has 3 atom stereocenters. The lowest BCUT2D eigenvalue weighted by Crippen LogP contribution is -2.54. The van der Waals surface area contributed by atoms with Crippen LogP contribution in [0.5, 0.6) is 0 Å². The summed E-state index contributed by atoms with van der Waals surface area (Å²) in [6.07, 6.45) is 1.67. The van der Waals surface area contributed by atoms with E-state index in [4.69, 9.17) is 11.6 Å². The van der Waals surface area contributed by atoms with Crippen LogP contribution in [0, 0.1) is 16.0 Å². The Hall–Kier alpha value is -2.19. The third-order valence-corrected chi connectivity index (χ3v) is 4.93. The van der Waals surface area contributed by atoms with Crippen molar-refractivity contribution in [2.45, 2.75) is 51.7 Å². The molecule has 1 aliphatic rings. The lowest BCUT2D eigenvalue weighted by molar-refractivity contribution is -0.384. The summed E-state index contributed by atoms with van der Waals surface area (Å²) in [5.74, 6) is -0.914. The number of halogens is 1. The highest BCUT2D eigenvalue weighted by molar-refractivity contribution is 6.34. The van der Waals surface area contributed by atoms with Crippen LogP contribution in [0.1, 0.15) is 44.0 Å². The van der Waals surface area contributed by atoms with E-state index < -0.39 is 16.9 Å². The van der Waals surface area contributed by atoms with Crippen LogP contribution < -0.4 is 16.0 Å². The molecule has 3 N–H and O–H groups in total. The summed E-state index contributed by atoms with van der Waals surface area (Å²) in [4.78, 5) is 35.4. The zero-order chi connectivity index (χ0) is 20.1. The van der Waals surface area contributed by atoms with Crippen molar-refractivity contribution >= 4 is 29.1 Å². The van der Waals surface area contributed by atoms with Gasteiger partial charge in [0.2, 0.25) is 5.91 Å². The van der Waals surface area contributed by atoms with Crippen LogP contribution in [0.4, 0.5) is 5.69 Å². The minimum atomic E-state index is -0.728. The van der Waals surface area contributed by atoms with Crippen molar-refractivity contribution in [1.29, 1.82) is 0 Å². The first-order valence-corrected chi connectivity index (χ1v) is 9.35. The number of rotatable bonds is 6. The van der Waals surface area contributed by atoms with E-state index in [0.29, 0.717) is 6.04 Å². The molecule has 2 amide bonds. The highest BCUT2D eigenvalue weighted by Crippen LogP contribution is 2.22. The minimum absolute atomic E-state index is 0.0307. The molecule has 1 aromatic rings. The number of amides is 2. The van der Waals surface area contributed by atoms with Crippen molar-refractivity contribution < 1.29 is 14.5 Å². The van der Waals surface area contributed by atoms with Crippen molar-refractivity contribution in [2.24, 2.45) is 5.92 Å². The van der Waals surface area contributed by atoms with Crippen molar-refractivity contribution in [3.63, 3.8) is 0 Å². The number of carbonyl (C=O) groups is 2. The Kier molecular flexibility index (Phi) is 7.15. The van der Waals surface area contributed by atoms with Gasteiger partial charge in [-0.1, -0.05) is 25.4 Å². The quantitative estimate of drug-likeness (QED) is 0.504. The SMILES string of the molecule is CC1CC(NC(=O)C(NC(=O)c2ccc([N+](=O)[O-])cc2Cl)C(C)C)CCN1. The highest BCUT2D eigenvalue weighted by Gasteiger charge is 2.29. The number of nitro benzene ring substituents is 1. The molecular weight excluding hydrogens is 372 g/mol. The molecule has 1 fully saturated rings. The predicted molar refractivity (Wildman–Crippen MR) is 103 cm³/mol. The molecule has 0 saturated carbocycles. The predicted octanol–water partition coefficient (Wildman–Crippen LogP) is 2.26. The largest absolute Gasteiger partial charge is 0.351 e. The third kappa shape index (κ3) is 5.64. The van der Waals surface area contributed by atoms with E-state index in [1.54, 1.807) is 0 Å². The first-order chi connectivity index (χ1) is 12.7. The molecule has 0 spiro atoms. The van der Waals surface area contributed by atoms with Crippen LogP contribution in [-0.2, 0) is 4.79 Å². The van der Waals surface area contributed by atoms with Gasteiger partial charge in [0.05, 0.1) is 15.5 Å². The zero-order valence-electron chi connectivity index (χ0n) is 15.6. The smallest absolute Gasteiger partial charge is 0.270 e. The Labute approximate surface area is 163 Å². The van der Waals surface area contributed by atoms with Gasteiger partial charge in [-0.3, -0.25) is 19.7 Å². The molecule has 0 aromatic heterocycles. The molecule has 0 radical (unpaired) electrons. The van der Waals surface area contributed by atoms with Crippen LogP contribution in [0.3, 0.4) is 0 Å². The van der Waals surface area contributed by atoms with Crippen LogP contribution in [0.25, 0.3) is 0 Å². The average molecular weight is 397 g/mol. The van der Waals surface area contributed by atoms with Gasteiger partial charge in [-0.25, -0.2) is 0 Å². The van der Waals surface area contributed by atoms with Crippen molar-refractivity contribution in [2.75, 3.05) is 6.54 Å². The molecule has 2 rings (SSSR count). The van der Waals surface area contributed by atoms with Gasteiger partial charge in [0.15, 0.2) is 0 Å². The Morgan fingerprint density at radius 2 is 2.07 bits per heavy atom. The van der Waals surface area contributed by atoms with E-state index in [2.05, 4.69) is 22.9 Å². The van der Waals surface area contributed by atoms with Crippen molar-refractivity contribution in [3.8, 4) is 0 Å². The highest BCUT2D eigenvalue weighted by atomic mass is 35.5. The van der Waals surface area contributed by atoms with Gasteiger partial charge in [0.1, 0.15) is 6.04 Å². The van der Waals surface area contributed by atoms with Gasteiger partial charge in [0.25, 0.3) is 11.6 Å². The number of piperidine rings is 1. The first kappa shape index (κ1) is 21.1. The molecule has 1 saturated heterocycles. The summed E-state index contributed by atoms with van der Waals surface area (Å²) in [5, 5.41) is 19.8. The normalized spacial score (nSPS) is 20.8. The van der Waals surface area contributed by atoms with Gasteiger partial charge < -0.3 is 16.0 Å².